The highest BCUT2D eigenvalue weighted by molar-refractivity contribution is 7.91. The molecule has 25 heavy (non-hydrogen) atoms. The number of sulfone groups is 1. The molecule has 0 bridgehead atoms. The zero-order valence-electron chi connectivity index (χ0n) is 13.3. The number of hydrogen-bond acceptors (Lipinski definition) is 6. The first kappa shape index (κ1) is 17.2. The maximum absolute atomic E-state index is 12.3. The van der Waals surface area contributed by atoms with Gasteiger partial charge in [-0.25, -0.2) is 8.42 Å². The molecule has 0 saturated heterocycles. The Hall–Kier alpha value is -2.58. The maximum atomic E-state index is 12.3. The second kappa shape index (κ2) is 7.12. The Balaban J connectivity index is 1.72. The van der Waals surface area contributed by atoms with E-state index in [1.54, 1.807) is 19.1 Å². The molecule has 1 amide bonds. The third kappa shape index (κ3) is 3.92. The number of nitrogens with one attached hydrogen (secondary N) is 1. The summed E-state index contributed by atoms with van der Waals surface area (Å²) in [6.45, 7) is 1.58. The fourth-order valence-corrected chi connectivity index (χ4v) is 3.55. The summed E-state index contributed by atoms with van der Waals surface area (Å²) in [6.07, 6.45) is 0. The monoisotopic (exact) mass is 373 g/mol. The third-order valence-corrected chi connectivity index (χ3v) is 5.91. The van der Waals surface area contributed by atoms with Gasteiger partial charge in [0, 0.05) is 22.2 Å². The standard InChI is InChI=1S/C17H15N3O3S2/c1-2-25(22,23)15-9-5-13(6-10-15)17(21)18-14-7-3-12(4-8-14)16-11-24-20-19-16/h3-11H,2H2,1H3,(H,18,21). The van der Waals surface area contributed by atoms with E-state index in [0.717, 1.165) is 11.3 Å². The van der Waals surface area contributed by atoms with E-state index in [-0.39, 0.29) is 16.6 Å². The number of benzene rings is 2. The van der Waals surface area contributed by atoms with Crippen LogP contribution < -0.4 is 5.32 Å². The zero-order chi connectivity index (χ0) is 17.9. The number of amides is 1. The van der Waals surface area contributed by atoms with Gasteiger partial charge in [-0.2, -0.15) is 0 Å². The molecule has 1 aromatic heterocycles. The molecule has 1 N–H and O–H groups in total. The summed E-state index contributed by atoms with van der Waals surface area (Å²) in [5.74, 6) is -0.275. The number of rotatable bonds is 5. The first-order chi connectivity index (χ1) is 12.0. The van der Waals surface area contributed by atoms with Crippen molar-refractivity contribution in [2.24, 2.45) is 0 Å². The van der Waals surface area contributed by atoms with E-state index in [1.165, 1.54) is 35.8 Å². The van der Waals surface area contributed by atoms with Gasteiger partial charge in [-0.15, -0.1) is 5.10 Å². The molecule has 0 aliphatic carbocycles. The fourth-order valence-electron chi connectivity index (χ4n) is 2.20. The molecule has 3 aromatic rings. The van der Waals surface area contributed by atoms with Crippen LogP contribution in [-0.2, 0) is 9.84 Å². The lowest BCUT2D eigenvalue weighted by Crippen LogP contribution is -2.12. The minimum Gasteiger partial charge on any atom is -0.322 e. The number of carbonyl (C=O) groups is 1. The highest BCUT2D eigenvalue weighted by Crippen LogP contribution is 2.20. The Morgan fingerprint density at radius 2 is 1.76 bits per heavy atom. The summed E-state index contributed by atoms with van der Waals surface area (Å²) in [7, 11) is -3.27. The van der Waals surface area contributed by atoms with Crippen LogP contribution in [0.5, 0.6) is 0 Å². The van der Waals surface area contributed by atoms with E-state index < -0.39 is 9.84 Å². The quantitative estimate of drug-likeness (QED) is 0.741. The average molecular weight is 373 g/mol. The summed E-state index contributed by atoms with van der Waals surface area (Å²) in [5.41, 5.74) is 2.74. The van der Waals surface area contributed by atoms with Gasteiger partial charge in [0.05, 0.1) is 10.6 Å². The summed E-state index contributed by atoms with van der Waals surface area (Å²) < 4.78 is 27.4. The lowest BCUT2D eigenvalue weighted by molar-refractivity contribution is 0.102. The molecule has 0 aliphatic rings. The maximum Gasteiger partial charge on any atom is 0.255 e. The van der Waals surface area contributed by atoms with Crippen LogP contribution in [-0.4, -0.2) is 29.7 Å². The Kier molecular flexibility index (Phi) is 4.91. The van der Waals surface area contributed by atoms with Crippen molar-refractivity contribution in [3.05, 3.63) is 59.5 Å². The van der Waals surface area contributed by atoms with Crippen LogP contribution in [0.1, 0.15) is 17.3 Å². The molecule has 6 nitrogen and oxygen atoms in total. The summed E-state index contributed by atoms with van der Waals surface area (Å²) in [4.78, 5) is 12.5. The van der Waals surface area contributed by atoms with Crippen LogP contribution in [0.2, 0.25) is 0 Å². The molecular weight excluding hydrogens is 358 g/mol. The van der Waals surface area contributed by atoms with Crippen LogP contribution in [0.25, 0.3) is 11.3 Å². The van der Waals surface area contributed by atoms with Gasteiger partial charge in [0.15, 0.2) is 9.84 Å². The lowest BCUT2D eigenvalue weighted by atomic mass is 10.1. The highest BCUT2D eigenvalue weighted by atomic mass is 32.2. The normalized spacial score (nSPS) is 11.2. The number of hydrogen-bond donors (Lipinski definition) is 1. The van der Waals surface area contributed by atoms with Gasteiger partial charge in [-0.1, -0.05) is 23.5 Å². The van der Waals surface area contributed by atoms with E-state index in [0.29, 0.717) is 11.3 Å². The van der Waals surface area contributed by atoms with Crippen molar-refractivity contribution in [2.75, 3.05) is 11.1 Å². The molecular formula is C17H15N3O3S2. The SMILES string of the molecule is CCS(=O)(=O)c1ccc(C(=O)Nc2ccc(-c3csnn3)cc2)cc1. The van der Waals surface area contributed by atoms with Crippen molar-refractivity contribution < 1.29 is 13.2 Å². The van der Waals surface area contributed by atoms with Crippen molar-refractivity contribution in [3.63, 3.8) is 0 Å². The zero-order valence-corrected chi connectivity index (χ0v) is 15.0. The molecule has 3 rings (SSSR count). The number of aromatic nitrogens is 2. The lowest BCUT2D eigenvalue weighted by Gasteiger charge is -2.07. The molecule has 0 aliphatic heterocycles. The predicted molar refractivity (Wildman–Crippen MR) is 97.5 cm³/mol. The van der Waals surface area contributed by atoms with Gasteiger partial charge >= 0.3 is 0 Å². The van der Waals surface area contributed by atoms with Crippen molar-refractivity contribution >= 4 is 33.0 Å². The van der Waals surface area contributed by atoms with Crippen LogP contribution in [0, 0.1) is 0 Å². The van der Waals surface area contributed by atoms with Crippen LogP contribution in [0.3, 0.4) is 0 Å². The molecule has 0 spiro atoms. The van der Waals surface area contributed by atoms with E-state index in [4.69, 9.17) is 0 Å². The molecule has 8 heteroatoms. The number of anilines is 1. The first-order valence-electron chi connectivity index (χ1n) is 7.51. The smallest absolute Gasteiger partial charge is 0.255 e. The van der Waals surface area contributed by atoms with Crippen molar-refractivity contribution in [1.82, 2.24) is 9.59 Å². The Bertz CT molecular complexity index is 965. The summed E-state index contributed by atoms with van der Waals surface area (Å²) in [6, 6.07) is 13.2. The van der Waals surface area contributed by atoms with E-state index in [1.807, 2.05) is 17.5 Å². The molecule has 0 saturated carbocycles. The Labute approximate surface area is 149 Å². The van der Waals surface area contributed by atoms with Gasteiger partial charge in [0.2, 0.25) is 0 Å². The minimum absolute atomic E-state index is 0.0272. The Morgan fingerprint density at radius 3 is 2.32 bits per heavy atom. The molecule has 1 heterocycles. The number of nitrogens with zero attached hydrogens (tertiary/aromatic N) is 2. The van der Waals surface area contributed by atoms with Gasteiger partial charge in [0.1, 0.15) is 5.69 Å². The molecule has 2 aromatic carbocycles. The van der Waals surface area contributed by atoms with Crippen LogP contribution in [0.15, 0.2) is 58.8 Å². The predicted octanol–water partition coefficient (Wildman–Crippen LogP) is 3.25. The van der Waals surface area contributed by atoms with Crippen molar-refractivity contribution in [2.45, 2.75) is 11.8 Å². The van der Waals surface area contributed by atoms with Crippen molar-refractivity contribution in [3.8, 4) is 11.3 Å². The summed E-state index contributed by atoms with van der Waals surface area (Å²) in [5, 5.41) is 8.62. The second-order valence-electron chi connectivity index (χ2n) is 5.25. The largest absolute Gasteiger partial charge is 0.322 e. The molecule has 128 valence electrons. The second-order valence-corrected chi connectivity index (χ2v) is 8.14. The van der Waals surface area contributed by atoms with Gasteiger partial charge in [0.25, 0.3) is 5.91 Å². The van der Waals surface area contributed by atoms with Crippen LogP contribution >= 0.6 is 11.5 Å². The minimum atomic E-state index is -3.27. The topological polar surface area (TPSA) is 89.0 Å². The summed E-state index contributed by atoms with van der Waals surface area (Å²) >= 11 is 1.28. The van der Waals surface area contributed by atoms with E-state index in [9.17, 15) is 13.2 Å². The van der Waals surface area contributed by atoms with E-state index in [2.05, 4.69) is 14.9 Å². The third-order valence-electron chi connectivity index (χ3n) is 3.65. The molecule has 0 fully saturated rings. The van der Waals surface area contributed by atoms with Gasteiger partial charge in [-0.3, -0.25) is 4.79 Å². The molecule has 0 radical (unpaired) electrons. The fraction of sp³-hybridized carbons (Fsp3) is 0.118. The molecule has 0 unspecified atom stereocenters. The van der Waals surface area contributed by atoms with Crippen molar-refractivity contribution in [1.29, 1.82) is 0 Å². The van der Waals surface area contributed by atoms with E-state index >= 15 is 0 Å². The first-order valence-corrected chi connectivity index (χ1v) is 10.00. The van der Waals surface area contributed by atoms with Gasteiger partial charge in [-0.05, 0) is 47.9 Å². The van der Waals surface area contributed by atoms with Gasteiger partial charge < -0.3 is 5.32 Å². The highest BCUT2D eigenvalue weighted by Gasteiger charge is 2.13. The average Bonchev–Trinajstić information content (AvgIpc) is 3.17. The molecule has 0 atom stereocenters. The number of carbonyl (C=O) groups excluding carboxylic acids is 1. The Morgan fingerprint density at radius 1 is 1.08 bits per heavy atom. The van der Waals surface area contributed by atoms with Crippen LogP contribution in [0.4, 0.5) is 5.69 Å².